The van der Waals surface area contributed by atoms with Gasteiger partial charge in [0.25, 0.3) is 0 Å². The predicted octanol–water partition coefficient (Wildman–Crippen LogP) is 3.00. The first kappa shape index (κ1) is 17.3. The highest BCUT2D eigenvalue weighted by Gasteiger charge is 2.28. The van der Waals surface area contributed by atoms with Gasteiger partial charge in [0.05, 0.1) is 17.9 Å². The van der Waals surface area contributed by atoms with Crippen molar-refractivity contribution < 1.29 is 13.7 Å². The Bertz CT molecular complexity index is 646. The molecule has 0 spiro atoms. The standard InChI is InChI=1S/C18H21NO3S/c1-14(12-18(20)22-2)16(13-15-8-4-3-5-9-15)23(21)17-10-6-7-11-19-17/h3-11,14,16H,12-13H2,1-2H3/t14-,16-,23?/m0/s1. The van der Waals surface area contributed by atoms with E-state index in [1.807, 2.05) is 43.3 Å². The van der Waals surface area contributed by atoms with Crippen LogP contribution in [0.4, 0.5) is 0 Å². The minimum absolute atomic E-state index is 0.0782. The van der Waals surface area contributed by atoms with E-state index in [1.165, 1.54) is 7.11 Å². The number of esters is 1. The van der Waals surface area contributed by atoms with Gasteiger partial charge in [-0.2, -0.15) is 0 Å². The van der Waals surface area contributed by atoms with Crippen LogP contribution in [0.5, 0.6) is 0 Å². The fourth-order valence-corrected chi connectivity index (χ4v) is 3.98. The third kappa shape index (κ3) is 4.99. The number of nitrogens with zero attached hydrogens (tertiary/aromatic N) is 1. The molecule has 0 aliphatic rings. The summed E-state index contributed by atoms with van der Waals surface area (Å²) in [6.45, 7) is 1.94. The van der Waals surface area contributed by atoms with Crippen LogP contribution in [-0.4, -0.2) is 27.5 Å². The Morgan fingerprint density at radius 3 is 2.48 bits per heavy atom. The highest BCUT2D eigenvalue weighted by molar-refractivity contribution is 7.85. The number of pyridine rings is 1. The first-order chi connectivity index (χ1) is 11.1. The van der Waals surface area contributed by atoms with Gasteiger partial charge in [0.2, 0.25) is 0 Å². The molecule has 1 aromatic carbocycles. The number of rotatable bonds is 7. The molecule has 0 saturated heterocycles. The molecule has 122 valence electrons. The number of benzene rings is 1. The molecule has 1 unspecified atom stereocenters. The molecular formula is C18H21NO3S. The summed E-state index contributed by atoms with van der Waals surface area (Å²) in [6.07, 6.45) is 2.51. The van der Waals surface area contributed by atoms with E-state index in [0.717, 1.165) is 5.56 Å². The van der Waals surface area contributed by atoms with Gasteiger partial charge in [-0.1, -0.05) is 43.3 Å². The summed E-state index contributed by atoms with van der Waals surface area (Å²) in [7, 11) is 0.0829. The van der Waals surface area contributed by atoms with Crippen molar-refractivity contribution >= 4 is 16.8 Å². The molecule has 23 heavy (non-hydrogen) atoms. The number of carbonyl (C=O) groups excluding carboxylic acids is 1. The van der Waals surface area contributed by atoms with Crippen LogP contribution in [0.25, 0.3) is 0 Å². The van der Waals surface area contributed by atoms with Crippen LogP contribution in [0.2, 0.25) is 0 Å². The van der Waals surface area contributed by atoms with Crippen molar-refractivity contribution in [2.75, 3.05) is 7.11 Å². The van der Waals surface area contributed by atoms with Crippen LogP contribution >= 0.6 is 0 Å². The van der Waals surface area contributed by atoms with Crippen LogP contribution in [0, 0.1) is 5.92 Å². The molecule has 4 nitrogen and oxygen atoms in total. The Hall–Kier alpha value is -2.01. The second-order valence-corrected chi connectivity index (χ2v) is 7.07. The molecule has 2 aromatic rings. The number of aromatic nitrogens is 1. The molecular weight excluding hydrogens is 310 g/mol. The molecule has 5 heteroatoms. The molecule has 1 heterocycles. The third-order valence-electron chi connectivity index (χ3n) is 3.75. The zero-order chi connectivity index (χ0) is 16.7. The van der Waals surface area contributed by atoms with Gasteiger partial charge in [-0.3, -0.25) is 9.00 Å². The fourth-order valence-electron chi connectivity index (χ4n) is 2.43. The van der Waals surface area contributed by atoms with E-state index < -0.39 is 10.8 Å². The average Bonchev–Trinajstić information content (AvgIpc) is 2.60. The molecule has 0 aliphatic carbocycles. The maximum Gasteiger partial charge on any atom is 0.305 e. The monoisotopic (exact) mass is 331 g/mol. The van der Waals surface area contributed by atoms with Crippen LogP contribution in [0.15, 0.2) is 59.8 Å². The van der Waals surface area contributed by atoms with E-state index >= 15 is 0 Å². The van der Waals surface area contributed by atoms with Crippen molar-refractivity contribution in [3.8, 4) is 0 Å². The maximum atomic E-state index is 13.0. The van der Waals surface area contributed by atoms with Gasteiger partial charge in [0.1, 0.15) is 5.03 Å². The van der Waals surface area contributed by atoms with E-state index in [4.69, 9.17) is 4.74 Å². The van der Waals surface area contributed by atoms with Crippen molar-refractivity contribution in [1.82, 2.24) is 4.98 Å². The highest BCUT2D eigenvalue weighted by Crippen LogP contribution is 2.23. The zero-order valence-electron chi connectivity index (χ0n) is 13.3. The van der Waals surface area contributed by atoms with Crippen LogP contribution in [0.3, 0.4) is 0 Å². The molecule has 0 aliphatic heterocycles. The predicted molar refractivity (Wildman–Crippen MR) is 90.4 cm³/mol. The van der Waals surface area contributed by atoms with Crippen molar-refractivity contribution in [2.24, 2.45) is 5.92 Å². The Morgan fingerprint density at radius 1 is 1.17 bits per heavy atom. The van der Waals surface area contributed by atoms with Crippen LogP contribution in [0.1, 0.15) is 18.9 Å². The molecule has 0 fully saturated rings. The molecule has 2 rings (SSSR count). The Kier molecular flexibility index (Phi) is 6.47. The fraction of sp³-hybridized carbons (Fsp3) is 0.333. The van der Waals surface area contributed by atoms with E-state index in [2.05, 4.69) is 4.98 Å². The number of ether oxygens (including phenoxy) is 1. The minimum Gasteiger partial charge on any atom is -0.469 e. The second kappa shape index (κ2) is 8.58. The van der Waals surface area contributed by atoms with Gasteiger partial charge >= 0.3 is 5.97 Å². The second-order valence-electron chi connectivity index (χ2n) is 5.45. The summed E-state index contributed by atoms with van der Waals surface area (Å²) < 4.78 is 17.7. The summed E-state index contributed by atoms with van der Waals surface area (Å²) in [5, 5.41) is 0.344. The van der Waals surface area contributed by atoms with Gasteiger partial charge in [-0.15, -0.1) is 0 Å². The first-order valence-electron chi connectivity index (χ1n) is 7.54. The van der Waals surface area contributed by atoms with E-state index in [1.54, 1.807) is 18.3 Å². The van der Waals surface area contributed by atoms with E-state index in [9.17, 15) is 9.00 Å². The highest BCUT2D eigenvalue weighted by atomic mass is 32.2. The molecule has 0 N–H and O–H groups in total. The van der Waals surface area contributed by atoms with Gasteiger partial charge in [-0.25, -0.2) is 4.98 Å². The number of methoxy groups -OCH3 is 1. The van der Waals surface area contributed by atoms with Gasteiger partial charge < -0.3 is 4.74 Å². The molecule has 0 saturated carbocycles. The van der Waals surface area contributed by atoms with Crippen molar-refractivity contribution in [3.05, 3.63) is 60.3 Å². The Balaban J connectivity index is 2.23. The smallest absolute Gasteiger partial charge is 0.305 e. The number of carbonyl (C=O) groups is 1. The molecule has 0 amide bonds. The summed E-state index contributed by atoms with van der Waals surface area (Å²) in [6, 6.07) is 15.3. The number of hydrogen-bond acceptors (Lipinski definition) is 4. The zero-order valence-corrected chi connectivity index (χ0v) is 14.2. The number of hydrogen-bond donors (Lipinski definition) is 0. The lowest BCUT2D eigenvalue weighted by Gasteiger charge is -2.22. The molecule has 0 bridgehead atoms. The van der Waals surface area contributed by atoms with Crippen LogP contribution in [-0.2, 0) is 26.8 Å². The lowest BCUT2D eigenvalue weighted by atomic mass is 9.97. The van der Waals surface area contributed by atoms with Crippen molar-refractivity contribution in [1.29, 1.82) is 0 Å². The van der Waals surface area contributed by atoms with E-state index in [-0.39, 0.29) is 23.6 Å². The summed E-state index contributed by atoms with van der Waals surface area (Å²) in [5.41, 5.74) is 1.10. The van der Waals surface area contributed by atoms with Gasteiger partial charge in [-0.05, 0) is 30.0 Å². The summed E-state index contributed by atoms with van der Waals surface area (Å²) in [5.74, 6) is -0.362. The van der Waals surface area contributed by atoms with E-state index in [0.29, 0.717) is 11.4 Å². The first-order valence-corrected chi connectivity index (χ1v) is 8.75. The van der Waals surface area contributed by atoms with Crippen molar-refractivity contribution in [3.63, 3.8) is 0 Å². The van der Waals surface area contributed by atoms with Gasteiger partial charge in [0, 0.05) is 17.9 Å². The summed E-state index contributed by atoms with van der Waals surface area (Å²) in [4.78, 5) is 15.8. The quantitative estimate of drug-likeness (QED) is 0.732. The molecule has 3 atom stereocenters. The molecule has 0 radical (unpaired) electrons. The largest absolute Gasteiger partial charge is 0.469 e. The Labute approximate surface area is 139 Å². The van der Waals surface area contributed by atoms with Crippen molar-refractivity contribution in [2.45, 2.75) is 30.0 Å². The summed E-state index contributed by atoms with van der Waals surface area (Å²) >= 11 is 0. The minimum atomic E-state index is -1.29. The SMILES string of the molecule is COC(=O)C[C@H](C)[C@H](Cc1ccccc1)S(=O)c1ccccn1. The topological polar surface area (TPSA) is 56.3 Å². The normalized spacial score (nSPS) is 14.7. The lowest BCUT2D eigenvalue weighted by Crippen LogP contribution is -2.29. The average molecular weight is 331 g/mol. The lowest BCUT2D eigenvalue weighted by molar-refractivity contribution is -0.141. The van der Waals surface area contributed by atoms with Crippen LogP contribution < -0.4 is 0 Å². The maximum absolute atomic E-state index is 13.0. The third-order valence-corrected chi connectivity index (χ3v) is 5.58. The molecule has 1 aromatic heterocycles. The Morgan fingerprint density at radius 2 is 1.87 bits per heavy atom. The van der Waals surface area contributed by atoms with Gasteiger partial charge in [0.15, 0.2) is 0 Å².